The summed E-state index contributed by atoms with van der Waals surface area (Å²) in [6, 6.07) is 8.85. The highest BCUT2D eigenvalue weighted by atomic mass is 14.2. The SMILES string of the molecule is [C]#Cc1ccccc1C#N. The second-order valence-corrected chi connectivity index (χ2v) is 1.78. The van der Waals surface area contributed by atoms with E-state index in [0.717, 1.165) is 0 Å². The van der Waals surface area contributed by atoms with Crippen molar-refractivity contribution in [2.45, 2.75) is 0 Å². The Bertz CT molecular complexity index is 279. The van der Waals surface area contributed by atoms with Gasteiger partial charge >= 0.3 is 0 Å². The van der Waals surface area contributed by atoms with Crippen molar-refractivity contribution in [3.8, 4) is 12.0 Å². The molecule has 0 amide bonds. The van der Waals surface area contributed by atoms with Gasteiger partial charge in [0.05, 0.1) is 5.56 Å². The fourth-order valence-corrected chi connectivity index (χ4v) is 0.690. The highest BCUT2D eigenvalue weighted by molar-refractivity contribution is 5.45. The molecule has 0 saturated heterocycles. The molecule has 0 bridgehead atoms. The van der Waals surface area contributed by atoms with Crippen molar-refractivity contribution in [2.24, 2.45) is 0 Å². The fourth-order valence-electron chi connectivity index (χ4n) is 0.690. The molecule has 0 aromatic heterocycles. The van der Waals surface area contributed by atoms with Crippen molar-refractivity contribution in [1.82, 2.24) is 0 Å². The van der Waals surface area contributed by atoms with Gasteiger partial charge in [-0.1, -0.05) is 18.1 Å². The lowest BCUT2D eigenvalue weighted by atomic mass is 10.1. The molecule has 0 heterocycles. The van der Waals surface area contributed by atoms with Gasteiger partial charge in [-0.2, -0.15) is 5.26 Å². The van der Waals surface area contributed by atoms with Crippen LogP contribution in [0.2, 0.25) is 0 Å². The van der Waals surface area contributed by atoms with Crippen LogP contribution >= 0.6 is 0 Å². The van der Waals surface area contributed by atoms with Crippen molar-refractivity contribution >= 4 is 0 Å². The Hall–Kier alpha value is -1.73. The number of benzene rings is 1. The number of hydrogen-bond donors (Lipinski definition) is 0. The van der Waals surface area contributed by atoms with Crippen molar-refractivity contribution in [3.05, 3.63) is 41.8 Å². The van der Waals surface area contributed by atoms with E-state index < -0.39 is 0 Å². The minimum absolute atomic E-state index is 0.498. The first kappa shape index (κ1) is 6.39. The van der Waals surface area contributed by atoms with E-state index in [1.165, 1.54) is 0 Å². The number of nitrogens with zero attached hydrogens (tertiary/aromatic N) is 1. The van der Waals surface area contributed by atoms with Gasteiger partial charge in [-0.25, -0.2) is 0 Å². The molecule has 10 heavy (non-hydrogen) atoms. The molecular formula is C9H4N. The summed E-state index contributed by atoms with van der Waals surface area (Å²) >= 11 is 0. The van der Waals surface area contributed by atoms with E-state index in [2.05, 4.69) is 5.92 Å². The van der Waals surface area contributed by atoms with Crippen LogP contribution in [-0.2, 0) is 0 Å². The van der Waals surface area contributed by atoms with Gasteiger partial charge in [0.15, 0.2) is 0 Å². The van der Waals surface area contributed by atoms with Crippen LogP contribution in [0.1, 0.15) is 11.1 Å². The molecule has 0 fully saturated rings. The minimum atomic E-state index is 0.498. The lowest BCUT2D eigenvalue weighted by Gasteiger charge is -1.89. The van der Waals surface area contributed by atoms with Crippen LogP contribution in [0.5, 0.6) is 0 Å². The largest absolute Gasteiger partial charge is 0.192 e. The summed E-state index contributed by atoms with van der Waals surface area (Å²) in [4.78, 5) is 0. The standard InChI is InChI=1S/C9H4N/c1-2-8-5-3-4-6-9(8)7-10/h3-6H. The van der Waals surface area contributed by atoms with Gasteiger partial charge < -0.3 is 0 Å². The van der Waals surface area contributed by atoms with Gasteiger partial charge in [-0.05, 0) is 18.6 Å². The number of hydrogen-bond acceptors (Lipinski definition) is 1. The maximum atomic E-state index is 8.48. The molecule has 0 aliphatic rings. The lowest BCUT2D eigenvalue weighted by molar-refractivity contribution is 1.47. The third kappa shape index (κ3) is 0.989. The summed E-state index contributed by atoms with van der Waals surface area (Å²) in [6.45, 7) is 0. The summed E-state index contributed by atoms with van der Waals surface area (Å²) in [7, 11) is 0. The van der Waals surface area contributed by atoms with Gasteiger partial charge in [0, 0.05) is 5.56 Å². The molecule has 0 aliphatic heterocycles. The molecule has 0 unspecified atom stereocenters. The normalized spacial score (nSPS) is 7.80. The fraction of sp³-hybridized carbons (Fsp3) is 0. The van der Waals surface area contributed by atoms with Gasteiger partial charge in [0.1, 0.15) is 6.07 Å². The molecule has 0 spiro atoms. The lowest BCUT2D eigenvalue weighted by Crippen LogP contribution is -1.79. The molecule has 1 aromatic rings. The zero-order valence-electron chi connectivity index (χ0n) is 5.26. The second kappa shape index (κ2) is 2.71. The molecule has 0 atom stereocenters. The van der Waals surface area contributed by atoms with E-state index >= 15 is 0 Å². The Balaban J connectivity index is 3.28. The zero-order chi connectivity index (χ0) is 7.40. The van der Waals surface area contributed by atoms with Crippen molar-refractivity contribution in [2.75, 3.05) is 0 Å². The monoisotopic (exact) mass is 126 g/mol. The quantitative estimate of drug-likeness (QED) is 0.483. The first-order valence-electron chi connectivity index (χ1n) is 2.80. The molecule has 1 radical (unpaired) electrons. The molecule has 45 valence electrons. The highest BCUT2D eigenvalue weighted by Crippen LogP contribution is 2.03. The first-order valence-corrected chi connectivity index (χ1v) is 2.80. The zero-order valence-corrected chi connectivity index (χ0v) is 5.26. The molecular weight excluding hydrogens is 122 g/mol. The van der Waals surface area contributed by atoms with Crippen molar-refractivity contribution in [1.29, 1.82) is 5.26 Å². The summed E-state index contributed by atoms with van der Waals surface area (Å²) in [6.07, 6.45) is 6.79. The molecule has 1 aromatic carbocycles. The van der Waals surface area contributed by atoms with Crippen LogP contribution in [0.3, 0.4) is 0 Å². The Kier molecular flexibility index (Phi) is 1.73. The van der Waals surface area contributed by atoms with Crippen LogP contribution in [0, 0.1) is 23.7 Å². The van der Waals surface area contributed by atoms with Crippen molar-refractivity contribution < 1.29 is 0 Å². The summed E-state index contributed by atoms with van der Waals surface area (Å²) < 4.78 is 0. The van der Waals surface area contributed by atoms with Crippen molar-refractivity contribution in [3.63, 3.8) is 0 Å². The van der Waals surface area contributed by atoms with E-state index in [9.17, 15) is 0 Å². The Morgan fingerprint density at radius 2 is 1.80 bits per heavy atom. The second-order valence-electron chi connectivity index (χ2n) is 1.78. The Morgan fingerprint density at radius 1 is 1.20 bits per heavy atom. The number of rotatable bonds is 0. The van der Waals surface area contributed by atoms with Gasteiger partial charge in [-0.3, -0.25) is 0 Å². The molecule has 1 nitrogen and oxygen atoms in total. The van der Waals surface area contributed by atoms with Gasteiger partial charge in [0.25, 0.3) is 0 Å². The third-order valence-corrected chi connectivity index (χ3v) is 1.18. The van der Waals surface area contributed by atoms with E-state index in [1.54, 1.807) is 24.3 Å². The topological polar surface area (TPSA) is 23.8 Å². The predicted octanol–water partition coefficient (Wildman–Crippen LogP) is 1.50. The van der Waals surface area contributed by atoms with Crippen LogP contribution in [0.4, 0.5) is 0 Å². The van der Waals surface area contributed by atoms with Crippen LogP contribution < -0.4 is 0 Å². The van der Waals surface area contributed by atoms with Gasteiger partial charge in [0.2, 0.25) is 0 Å². The van der Waals surface area contributed by atoms with E-state index in [-0.39, 0.29) is 0 Å². The number of nitriles is 1. The average molecular weight is 126 g/mol. The summed E-state index contributed by atoms with van der Waals surface area (Å²) in [5.74, 6) is 2.17. The third-order valence-electron chi connectivity index (χ3n) is 1.18. The first-order chi connectivity index (χ1) is 4.88. The summed E-state index contributed by atoms with van der Waals surface area (Å²) in [5.41, 5.74) is 1.04. The molecule has 0 saturated carbocycles. The maximum absolute atomic E-state index is 8.48. The van der Waals surface area contributed by atoms with E-state index in [0.29, 0.717) is 11.1 Å². The molecule has 0 aliphatic carbocycles. The minimum Gasteiger partial charge on any atom is -0.192 e. The molecule has 1 heteroatoms. The van der Waals surface area contributed by atoms with Crippen LogP contribution in [0.15, 0.2) is 24.3 Å². The Morgan fingerprint density at radius 3 is 2.20 bits per heavy atom. The van der Waals surface area contributed by atoms with Gasteiger partial charge in [-0.15, -0.1) is 0 Å². The average Bonchev–Trinajstić information content (AvgIpc) is 2.04. The smallest absolute Gasteiger partial charge is 0.100 e. The molecule has 1 rings (SSSR count). The van der Waals surface area contributed by atoms with Crippen LogP contribution in [-0.4, -0.2) is 0 Å². The maximum Gasteiger partial charge on any atom is 0.100 e. The predicted molar refractivity (Wildman–Crippen MR) is 37.4 cm³/mol. The molecule has 0 N–H and O–H groups in total. The Labute approximate surface area is 59.9 Å². The summed E-state index contributed by atoms with van der Waals surface area (Å²) in [5, 5.41) is 8.48. The highest BCUT2D eigenvalue weighted by Gasteiger charge is 1.93. The van der Waals surface area contributed by atoms with E-state index in [1.807, 2.05) is 6.07 Å². The van der Waals surface area contributed by atoms with E-state index in [4.69, 9.17) is 11.7 Å². The van der Waals surface area contributed by atoms with Crippen LogP contribution in [0.25, 0.3) is 0 Å².